The van der Waals surface area contributed by atoms with E-state index in [-0.39, 0.29) is 0 Å². The molecule has 0 unspecified atom stereocenters. The Labute approximate surface area is 94.0 Å². The molecule has 0 nitrogen and oxygen atoms in total. The summed E-state index contributed by atoms with van der Waals surface area (Å²) in [5.74, 6) is 0. The first-order valence-electron chi connectivity index (χ1n) is 6.08. The lowest BCUT2D eigenvalue weighted by Crippen LogP contribution is -1.85. The number of hydrogen-bond acceptors (Lipinski definition) is 0. The van der Waals surface area contributed by atoms with Gasteiger partial charge in [-0.25, -0.2) is 0 Å². The first-order valence-corrected chi connectivity index (χ1v) is 6.08. The van der Waals surface area contributed by atoms with Gasteiger partial charge in [0.1, 0.15) is 0 Å². The maximum absolute atomic E-state index is 2.26. The Kier molecular flexibility index (Phi) is 5.84. The van der Waals surface area contributed by atoms with E-state index in [2.05, 4.69) is 50.3 Å². The zero-order valence-corrected chi connectivity index (χ0v) is 10.00. The van der Waals surface area contributed by atoms with Gasteiger partial charge in [0.2, 0.25) is 0 Å². The largest absolute Gasteiger partial charge is 0.0871 e. The Hall–Kier alpha value is -1.04. The van der Waals surface area contributed by atoms with Crippen molar-refractivity contribution in [3.8, 4) is 0 Å². The van der Waals surface area contributed by atoms with Gasteiger partial charge in [-0.15, -0.1) is 0 Å². The molecular weight excluding hydrogens is 180 g/mol. The van der Waals surface area contributed by atoms with Crippen molar-refractivity contribution in [2.45, 2.75) is 46.0 Å². The van der Waals surface area contributed by atoms with Crippen LogP contribution in [-0.2, 0) is 6.42 Å². The van der Waals surface area contributed by atoms with E-state index in [0.29, 0.717) is 0 Å². The van der Waals surface area contributed by atoms with Crippen LogP contribution in [0.15, 0.2) is 30.3 Å². The van der Waals surface area contributed by atoms with Crippen LogP contribution in [0.25, 0.3) is 6.08 Å². The number of benzene rings is 1. The molecule has 0 spiro atoms. The summed E-state index contributed by atoms with van der Waals surface area (Å²) in [6.45, 7) is 4.31. The standard InChI is InChI=1S/C15H22/c1-3-5-6-7-9-15-12-10-14(8-4-2)11-13-15/h4,8,10-13H,3,5-7,9H2,1-2H3. The van der Waals surface area contributed by atoms with Crippen LogP contribution < -0.4 is 0 Å². The van der Waals surface area contributed by atoms with Gasteiger partial charge >= 0.3 is 0 Å². The molecule has 0 saturated carbocycles. The van der Waals surface area contributed by atoms with E-state index in [1.165, 1.54) is 43.2 Å². The van der Waals surface area contributed by atoms with Gasteiger partial charge in [-0.1, -0.05) is 62.6 Å². The quantitative estimate of drug-likeness (QED) is 0.579. The normalized spacial score (nSPS) is 11.1. The molecule has 0 fully saturated rings. The Morgan fingerprint density at radius 1 is 1.00 bits per heavy atom. The summed E-state index contributed by atoms with van der Waals surface area (Å²) in [4.78, 5) is 0. The minimum Gasteiger partial charge on any atom is -0.0871 e. The fraction of sp³-hybridized carbons (Fsp3) is 0.467. The monoisotopic (exact) mass is 202 g/mol. The third kappa shape index (κ3) is 4.83. The van der Waals surface area contributed by atoms with E-state index in [1.54, 1.807) is 0 Å². The van der Waals surface area contributed by atoms with Crippen molar-refractivity contribution < 1.29 is 0 Å². The molecule has 0 radical (unpaired) electrons. The molecule has 0 saturated heterocycles. The van der Waals surface area contributed by atoms with Crippen LogP contribution in [0.3, 0.4) is 0 Å². The van der Waals surface area contributed by atoms with Crippen LogP contribution >= 0.6 is 0 Å². The van der Waals surface area contributed by atoms with E-state index in [0.717, 1.165) is 0 Å². The second-order valence-electron chi connectivity index (χ2n) is 4.05. The van der Waals surface area contributed by atoms with Crippen molar-refractivity contribution in [1.82, 2.24) is 0 Å². The Balaban J connectivity index is 2.36. The predicted molar refractivity (Wildman–Crippen MR) is 69.0 cm³/mol. The average Bonchev–Trinajstić information content (AvgIpc) is 2.27. The zero-order valence-electron chi connectivity index (χ0n) is 10.00. The number of allylic oxidation sites excluding steroid dienone is 1. The van der Waals surface area contributed by atoms with Crippen LogP contribution in [-0.4, -0.2) is 0 Å². The fourth-order valence-electron chi connectivity index (χ4n) is 1.74. The van der Waals surface area contributed by atoms with Gasteiger partial charge in [0, 0.05) is 0 Å². The molecule has 1 aromatic rings. The van der Waals surface area contributed by atoms with E-state index in [9.17, 15) is 0 Å². The van der Waals surface area contributed by atoms with E-state index >= 15 is 0 Å². The third-order valence-corrected chi connectivity index (χ3v) is 2.66. The van der Waals surface area contributed by atoms with Crippen molar-refractivity contribution in [1.29, 1.82) is 0 Å². The summed E-state index contributed by atoms with van der Waals surface area (Å²) in [6.07, 6.45) is 10.8. The van der Waals surface area contributed by atoms with Gasteiger partial charge in [0.15, 0.2) is 0 Å². The highest BCUT2D eigenvalue weighted by Gasteiger charge is 1.93. The highest BCUT2D eigenvalue weighted by Crippen LogP contribution is 2.10. The summed E-state index contributed by atoms with van der Waals surface area (Å²) in [5.41, 5.74) is 2.77. The SMILES string of the molecule is CC=Cc1ccc(CCCCCC)cc1. The molecule has 0 bridgehead atoms. The predicted octanol–water partition coefficient (Wildman–Crippen LogP) is 4.84. The Morgan fingerprint density at radius 2 is 1.73 bits per heavy atom. The second-order valence-corrected chi connectivity index (χ2v) is 4.05. The maximum Gasteiger partial charge on any atom is -0.0260 e. The molecule has 0 N–H and O–H groups in total. The Bertz CT molecular complexity index is 279. The van der Waals surface area contributed by atoms with Gasteiger partial charge in [0.05, 0.1) is 0 Å². The highest BCUT2D eigenvalue weighted by molar-refractivity contribution is 5.49. The summed E-state index contributed by atoms with van der Waals surface area (Å²) in [5, 5.41) is 0. The summed E-state index contributed by atoms with van der Waals surface area (Å²) in [7, 11) is 0. The lowest BCUT2D eigenvalue weighted by Gasteiger charge is -2.01. The van der Waals surface area contributed by atoms with Gasteiger partial charge in [-0.05, 0) is 30.9 Å². The Morgan fingerprint density at radius 3 is 2.33 bits per heavy atom. The molecule has 0 heterocycles. The zero-order chi connectivity index (χ0) is 10.9. The van der Waals surface area contributed by atoms with Gasteiger partial charge < -0.3 is 0 Å². The van der Waals surface area contributed by atoms with E-state index in [4.69, 9.17) is 0 Å². The van der Waals surface area contributed by atoms with Crippen molar-refractivity contribution in [3.63, 3.8) is 0 Å². The molecule has 0 aliphatic carbocycles. The van der Waals surface area contributed by atoms with E-state index < -0.39 is 0 Å². The molecule has 0 aliphatic rings. The highest BCUT2D eigenvalue weighted by atomic mass is 14.0. The first-order chi connectivity index (χ1) is 7.36. The third-order valence-electron chi connectivity index (χ3n) is 2.66. The lowest BCUT2D eigenvalue weighted by atomic mass is 10.0. The number of rotatable bonds is 6. The van der Waals surface area contributed by atoms with Crippen LogP contribution in [0.4, 0.5) is 0 Å². The molecule has 1 aromatic carbocycles. The second kappa shape index (κ2) is 7.28. The maximum atomic E-state index is 2.26. The van der Waals surface area contributed by atoms with Crippen LogP contribution in [0.1, 0.15) is 50.7 Å². The number of hydrogen-bond donors (Lipinski definition) is 0. The van der Waals surface area contributed by atoms with Crippen LogP contribution in [0.2, 0.25) is 0 Å². The number of aryl methyl sites for hydroxylation is 1. The average molecular weight is 202 g/mol. The lowest BCUT2D eigenvalue weighted by molar-refractivity contribution is 0.667. The molecule has 82 valence electrons. The smallest absolute Gasteiger partial charge is 0.0260 e. The molecule has 0 aliphatic heterocycles. The molecule has 0 heteroatoms. The summed E-state index contributed by atoms with van der Waals surface area (Å²) < 4.78 is 0. The minimum absolute atomic E-state index is 1.23. The minimum atomic E-state index is 1.23. The van der Waals surface area contributed by atoms with Gasteiger partial charge in [-0.2, -0.15) is 0 Å². The number of unbranched alkanes of at least 4 members (excludes halogenated alkanes) is 3. The van der Waals surface area contributed by atoms with Crippen LogP contribution in [0.5, 0.6) is 0 Å². The van der Waals surface area contributed by atoms with Crippen molar-refractivity contribution >= 4 is 6.08 Å². The molecule has 0 amide bonds. The molecule has 0 aromatic heterocycles. The topological polar surface area (TPSA) is 0 Å². The molecule has 0 atom stereocenters. The summed E-state index contributed by atoms with van der Waals surface area (Å²) >= 11 is 0. The van der Waals surface area contributed by atoms with Crippen molar-refractivity contribution in [3.05, 3.63) is 41.5 Å². The van der Waals surface area contributed by atoms with Crippen LogP contribution in [0, 0.1) is 0 Å². The van der Waals surface area contributed by atoms with Gasteiger partial charge in [0.25, 0.3) is 0 Å². The fourth-order valence-corrected chi connectivity index (χ4v) is 1.74. The molecule has 1 rings (SSSR count). The molecule has 15 heavy (non-hydrogen) atoms. The van der Waals surface area contributed by atoms with Crippen molar-refractivity contribution in [2.75, 3.05) is 0 Å². The van der Waals surface area contributed by atoms with E-state index in [1.807, 2.05) is 0 Å². The first kappa shape index (κ1) is 12.0. The van der Waals surface area contributed by atoms with Gasteiger partial charge in [-0.3, -0.25) is 0 Å². The summed E-state index contributed by atoms with van der Waals surface area (Å²) in [6, 6.07) is 8.91. The van der Waals surface area contributed by atoms with Crippen molar-refractivity contribution in [2.24, 2.45) is 0 Å². The molecular formula is C15H22.